The van der Waals surface area contributed by atoms with E-state index in [1.165, 1.54) is 0 Å². The van der Waals surface area contributed by atoms with Gasteiger partial charge in [-0.05, 0) is 49.1 Å². The lowest BCUT2D eigenvalue weighted by molar-refractivity contribution is -0.135. The lowest BCUT2D eigenvalue weighted by Gasteiger charge is -2.33. The minimum atomic E-state index is -0.170. The van der Waals surface area contributed by atoms with Crippen LogP contribution in [0.5, 0.6) is 0 Å². The van der Waals surface area contributed by atoms with E-state index in [0.29, 0.717) is 6.54 Å². The second-order valence-corrected chi connectivity index (χ2v) is 8.98. The molecule has 0 saturated heterocycles. The number of nitrogens with one attached hydrogen (secondary N) is 1. The van der Waals surface area contributed by atoms with Gasteiger partial charge in [0.15, 0.2) is 0 Å². The summed E-state index contributed by atoms with van der Waals surface area (Å²) in [6.07, 6.45) is 1.62. The number of hydrogen-bond acceptors (Lipinski definition) is 3. The molecule has 2 aromatic rings. The standard InChI is InChI=1S/C27H39N3O2/c1-8-20(5)30(27(32)24(9-2)21-13-11-10-12-14-21)18-22-17-23(28-26(31)19(3)4)15-16-25(22)29(6)7/h10-17,19-20,24H,8-9,18H2,1-7H3,(H,28,31)/t20-,24-/m0/s1. The third-order valence-electron chi connectivity index (χ3n) is 6.01. The van der Waals surface area contributed by atoms with Crippen molar-refractivity contribution in [2.75, 3.05) is 24.3 Å². The first-order valence-corrected chi connectivity index (χ1v) is 11.7. The predicted octanol–water partition coefficient (Wildman–Crippen LogP) is 5.67. The van der Waals surface area contributed by atoms with Gasteiger partial charge in [0.1, 0.15) is 0 Å². The van der Waals surface area contributed by atoms with Gasteiger partial charge >= 0.3 is 0 Å². The quantitative estimate of drug-likeness (QED) is 0.521. The first-order valence-electron chi connectivity index (χ1n) is 11.7. The highest BCUT2D eigenvalue weighted by Crippen LogP contribution is 2.29. The molecule has 0 fully saturated rings. The average Bonchev–Trinajstić information content (AvgIpc) is 2.77. The van der Waals surface area contributed by atoms with Crippen LogP contribution in [0.4, 0.5) is 11.4 Å². The summed E-state index contributed by atoms with van der Waals surface area (Å²) >= 11 is 0. The van der Waals surface area contributed by atoms with Crippen molar-refractivity contribution in [1.29, 1.82) is 0 Å². The summed E-state index contributed by atoms with van der Waals surface area (Å²) in [6, 6.07) is 16.1. The summed E-state index contributed by atoms with van der Waals surface area (Å²) < 4.78 is 0. The highest BCUT2D eigenvalue weighted by molar-refractivity contribution is 5.92. The first-order chi connectivity index (χ1) is 15.2. The Bertz CT molecular complexity index is 893. The molecule has 0 spiro atoms. The van der Waals surface area contributed by atoms with Gasteiger partial charge in [0.2, 0.25) is 11.8 Å². The van der Waals surface area contributed by atoms with Crippen molar-refractivity contribution in [2.24, 2.45) is 5.92 Å². The van der Waals surface area contributed by atoms with Crippen LogP contribution in [-0.4, -0.2) is 36.9 Å². The van der Waals surface area contributed by atoms with E-state index in [-0.39, 0.29) is 29.7 Å². The van der Waals surface area contributed by atoms with Crippen LogP contribution >= 0.6 is 0 Å². The fourth-order valence-corrected chi connectivity index (χ4v) is 3.81. The zero-order valence-corrected chi connectivity index (χ0v) is 20.7. The number of nitrogens with zero attached hydrogens (tertiary/aromatic N) is 2. The summed E-state index contributed by atoms with van der Waals surface area (Å²) in [5.74, 6) is -0.133. The number of carbonyl (C=O) groups excluding carboxylic acids is 2. The van der Waals surface area contributed by atoms with Crippen LogP contribution in [-0.2, 0) is 16.1 Å². The number of benzene rings is 2. The minimum Gasteiger partial charge on any atom is -0.377 e. The van der Waals surface area contributed by atoms with Gasteiger partial charge in [0.25, 0.3) is 0 Å². The molecule has 0 radical (unpaired) electrons. The van der Waals surface area contributed by atoms with Crippen LogP contribution in [0.15, 0.2) is 48.5 Å². The molecule has 0 saturated carbocycles. The van der Waals surface area contributed by atoms with Crippen LogP contribution in [0.3, 0.4) is 0 Å². The number of rotatable bonds is 10. The highest BCUT2D eigenvalue weighted by atomic mass is 16.2. The average molecular weight is 438 g/mol. The Hall–Kier alpha value is -2.82. The van der Waals surface area contributed by atoms with E-state index in [2.05, 4.69) is 31.0 Å². The molecule has 2 rings (SSSR count). The molecule has 5 nitrogen and oxygen atoms in total. The predicted molar refractivity (Wildman–Crippen MR) is 134 cm³/mol. The summed E-state index contributed by atoms with van der Waals surface area (Å²) in [4.78, 5) is 30.0. The van der Waals surface area contributed by atoms with Gasteiger partial charge in [0, 0.05) is 44.0 Å². The van der Waals surface area contributed by atoms with Crippen LogP contribution in [0, 0.1) is 5.92 Å². The molecule has 0 bridgehead atoms. The number of amides is 2. The Balaban J connectivity index is 2.42. The smallest absolute Gasteiger partial charge is 0.230 e. The normalized spacial score (nSPS) is 12.9. The Morgan fingerprint density at radius 3 is 2.12 bits per heavy atom. The van der Waals surface area contributed by atoms with Gasteiger partial charge < -0.3 is 15.1 Å². The molecule has 174 valence electrons. The fraction of sp³-hybridized carbons (Fsp3) is 0.481. The number of anilines is 2. The van der Waals surface area contributed by atoms with Gasteiger partial charge in [-0.15, -0.1) is 0 Å². The molecular formula is C27H39N3O2. The molecule has 0 heterocycles. The zero-order valence-electron chi connectivity index (χ0n) is 20.7. The third-order valence-corrected chi connectivity index (χ3v) is 6.01. The summed E-state index contributed by atoms with van der Waals surface area (Å²) in [7, 11) is 4.00. The molecule has 0 unspecified atom stereocenters. The largest absolute Gasteiger partial charge is 0.377 e. The molecule has 0 aliphatic carbocycles. The lowest BCUT2D eigenvalue weighted by atomic mass is 9.94. The van der Waals surface area contributed by atoms with E-state index in [9.17, 15) is 9.59 Å². The second-order valence-electron chi connectivity index (χ2n) is 8.98. The van der Waals surface area contributed by atoms with Crippen molar-refractivity contribution < 1.29 is 9.59 Å². The van der Waals surface area contributed by atoms with E-state index in [1.54, 1.807) is 0 Å². The topological polar surface area (TPSA) is 52.7 Å². The van der Waals surface area contributed by atoms with Crippen LogP contribution < -0.4 is 10.2 Å². The second kappa shape index (κ2) is 11.7. The van der Waals surface area contributed by atoms with E-state index < -0.39 is 0 Å². The minimum absolute atomic E-state index is 0.0152. The Labute approximate surface area is 193 Å². The maximum Gasteiger partial charge on any atom is 0.230 e. The molecule has 1 N–H and O–H groups in total. The van der Waals surface area contributed by atoms with E-state index in [1.807, 2.05) is 81.4 Å². The maximum absolute atomic E-state index is 13.8. The molecule has 2 atom stereocenters. The highest BCUT2D eigenvalue weighted by Gasteiger charge is 2.28. The monoisotopic (exact) mass is 437 g/mol. The molecular weight excluding hydrogens is 398 g/mol. The molecule has 2 aromatic carbocycles. The van der Waals surface area contributed by atoms with Crippen LogP contribution in [0.2, 0.25) is 0 Å². The van der Waals surface area contributed by atoms with Crippen molar-refractivity contribution in [3.63, 3.8) is 0 Å². The van der Waals surface area contributed by atoms with Gasteiger partial charge in [-0.1, -0.05) is 58.0 Å². The van der Waals surface area contributed by atoms with E-state index >= 15 is 0 Å². The first kappa shape index (κ1) is 25.4. The Morgan fingerprint density at radius 2 is 1.59 bits per heavy atom. The lowest BCUT2D eigenvalue weighted by Crippen LogP contribution is -2.41. The van der Waals surface area contributed by atoms with Crippen molar-refractivity contribution >= 4 is 23.2 Å². The molecule has 0 aliphatic heterocycles. The summed E-state index contributed by atoms with van der Waals surface area (Å²) in [5.41, 5.74) is 3.88. The molecule has 32 heavy (non-hydrogen) atoms. The Kier molecular flexibility index (Phi) is 9.30. The Morgan fingerprint density at radius 1 is 0.938 bits per heavy atom. The maximum atomic E-state index is 13.8. The SMILES string of the molecule is CC[C@H](C(=O)N(Cc1cc(NC(=O)C(C)C)ccc1N(C)C)[C@@H](C)CC)c1ccccc1. The van der Waals surface area contributed by atoms with Crippen molar-refractivity contribution in [3.8, 4) is 0 Å². The number of carbonyl (C=O) groups is 2. The number of hydrogen-bond donors (Lipinski definition) is 1. The summed E-state index contributed by atoms with van der Waals surface area (Å²) in [6.45, 7) is 10.5. The fourth-order valence-electron chi connectivity index (χ4n) is 3.81. The van der Waals surface area contributed by atoms with Gasteiger partial charge in [0.05, 0.1) is 5.92 Å². The van der Waals surface area contributed by atoms with Crippen LogP contribution in [0.25, 0.3) is 0 Å². The zero-order chi connectivity index (χ0) is 23.8. The van der Waals surface area contributed by atoms with Crippen molar-refractivity contribution in [3.05, 3.63) is 59.7 Å². The van der Waals surface area contributed by atoms with E-state index in [4.69, 9.17) is 0 Å². The molecule has 5 heteroatoms. The van der Waals surface area contributed by atoms with E-state index in [0.717, 1.165) is 35.3 Å². The molecule has 0 aliphatic rings. The van der Waals surface area contributed by atoms with Gasteiger partial charge in [-0.25, -0.2) is 0 Å². The summed E-state index contributed by atoms with van der Waals surface area (Å²) in [5, 5.41) is 2.99. The van der Waals surface area contributed by atoms with Gasteiger partial charge in [-0.2, -0.15) is 0 Å². The van der Waals surface area contributed by atoms with Gasteiger partial charge in [-0.3, -0.25) is 9.59 Å². The third kappa shape index (κ3) is 6.35. The van der Waals surface area contributed by atoms with Crippen LogP contribution in [0.1, 0.15) is 64.5 Å². The molecule has 0 aromatic heterocycles. The molecule has 2 amide bonds. The van der Waals surface area contributed by atoms with Crippen molar-refractivity contribution in [2.45, 2.75) is 66.0 Å². The van der Waals surface area contributed by atoms with Crippen molar-refractivity contribution in [1.82, 2.24) is 4.90 Å².